The summed E-state index contributed by atoms with van der Waals surface area (Å²) in [4.78, 5) is 18.6. The van der Waals surface area contributed by atoms with Gasteiger partial charge in [0.1, 0.15) is 0 Å². The first kappa shape index (κ1) is 15.6. The predicted molar refractivity (Wildman–Crippen MR) is 88.1 cm³/mol. The Kier molecular flexibility index (Phi) is 4.92. The van der Waals surface area contributed by atoms with Gasteiger partial charge >= 0.3 is 0 Å². The molecule has 23 heavy (non-hydrogen) atoms. The summed E-state index contributed by atoms with van der Waals surface area (Å²) in [5.41, 5.74) is 2.35. The van der Waals surface area contributed by atoms with Gasteiger partial charge in [-0.1, -0.05) is 6.07 Å². The number of carbonyl (C=O) groups excluding carboxylic acids is 1. The number of aryl methyl sites for hydroxylation is 1. The molecule has 3 heterocycles. The van der Waals surface area contributed by atoms with Crippen LogP contribution < -0.4 is 5.32 Å². The zero-order chi connectivity index (χ0) is 16.1. The zero-order valence-corrected chi connectivity index (χ0v) is 13.3. The van der Waals surface area contributed by atoms with Crippen molar-refractivity contribution >= 4 is 11.7 Å². The van der Waals surface area contributed by atoms with Crippen molar-refractivity contribution in [1.82, 2.24) is 20.1 Å². The minimum absolute atomic E-state index is 0.0408. The molecule has 1 aliphatic heterocycles. The van der Waals surface area contributed by atoms with E-state index in [2.05, 4.69) is 37.5 Å². The Morgan fingerprint density at radius 1 is 1.30 bits per heavy atom. The number of piperidine rings is 1. The third-order valence-electron chi connectivity index (χ3n) is 4.20. The summed E-state index contributed by atoms with van der Waals surface area (Å²) in [6, 6.07) is 7.73. The Morgan fingerprint density at radius 3 is 2.78 bits per heavy atom. The SMILES string of the molecule is Cc1ccc(C2CCN(CC(=O)Nc3cccnn3)CC2)cn1. The van der Waals surface area contributed by atoms with Crippen LogP contribution in [0.4, 0.5) is 5.82 Å². The monoisotopic (exact) mass is 311 g/mol. The van der Waals surface area contributed by atoms with Gasteiger partial charge in [0.05, 0.1) is 6.54 Å². The lowest BCUT2D eigenvalue weighted by Crippen LogP contribution is -2.38. The highest BCUT2D eigenvalue weighted by atomic mass is 16.2. The molecule has 1 saturated heterocycles. The highest BCUT2D eigenvalue weighted by Crippen LogP contribution is 2.27. The summed E-state index contributed by atoms with van der Waals surface area (Å²) < 4.78 is 0. The van der Waals surface area contributed by atoms with Crippen LogP contribution in [0.25, 0.3) is 0 Å². The highest BCUT2D eigenvalue weighted by molar-refractivity contribution is 5.91. The average Bonchev–Trinajstić information content (AvgIpc) is 2.57. The van der Waals surface area contributed by atoms with Crippen LogP contribution in [0.5, 0.6) is 0 Å². The molecule has 120 valence electrons. The summed E-state index contributed by atoms with van der Waals surface area (Å²) in [6.07, 6.45) is 5.68. The Bertz CT molecular complexity index is 636. The fourth-order valence-corrected chi connectivity index (χ4v) is 2.90. The van der Waals surface area contributed by atoms with Gasteiger partial charge in [-0.2, -0.15) is 5.10 Å². The van der Waals surface area contributed by atoms with E-state index in [1.165, 1.54) is 5.56 Å². The maximum atomic E-state index is 12.0. The zero-order valence-electron chi connectivity index (χ0n) is 13.3. The molecule has 0 aliphatic carbocycles. The fourth-order valence-electron chi connectivity index (χ4n) is 2.90. The van der Waals surface area contributed by atoms with E-state index in [4.69, 9.17) is 0 Å². The van der Waals surface area contributed by atoms with Crippen molar-refractivity contribution in [2.24, 2.45) is 0 Å². The molecular weight excluding hydrogens is 290 g/mol. The van der Waals surface area contributed by atoms with Crippen molar-refractivity contribution in [2.45, 2.75) is 25.7 Å². The molecule has 0 bridgehead atoms. The number of amides is 1. The number of hydrogen-bond acceptors (Lipinski definition) is 5. The predicted octanol–water partition coefficient (Wildman–Crippen LogP) is 2.00. The first-order valence-corrected chi connectivity index (χ1v) is 7.93. The Morgan fingerprint density at radius 2 is 2.13 bits per heavy atom. The molecule has 1 aliphatic rings. The number of hydrogen-bond donors (Lipinski definition) is 1. The standard InChI is InChI=1S/C17H21N5O/c1-13-4-5-15(11-18-13)14-6-9-22(10-7-14)12-17(23)20-16-3-2-8-19-21-16/h2-5,8,11,14H,6-7,9-10,12H2,1H3,(H,20,21,23). The quantitative estimate of drug-likeness (QED) is 0.935. The number of nitrogens with one attached hydrogen (secondary N) is 1. The van der Waals surface area contributed by atoms with Crippen LogP contribution in [0, 0.1) is 6.92 Å². The van der Waals surface area contributed by atoms with E-state index in [9.17, 15) is 4.79 Å². The second-order valence-electron chi connectivity index (χ2n) is 5.94. The molecule has 6 nitrogen and oxygen atoms in total. The van der Waals surface area contributed by atoms with Gasteiger partial charge in [-0.15, -0.1) is 5.10 Å². The highest BCUT2D eigenvalue weighted by Gasteiger charge is 2.22. The van der Waals surface area contributed by atoms with E-state index in [0.29, 0.717) is 18.3 Å². The number of nitrogens with zero attached hydrogens (tertiary/aromatic N) is 4. The number of carbonyl (C=O) groups is 1. The molecule has 2 aromatic rings. The molecule has 0 aromatic carbocycles. The van der Waals surface area contributed by atoms with Crippen molar-refractivity contribution in [3.8, 4) is 0 Å². The summed E-state index contributed by atoms with van der Waals surface area (Å²) in [5, 5.41) is 10.4. The van der Waals surface area contributed by atoms with Crippen LogP contribution in [0.3, 0.4) is 0 Å². The molecule has 0 atom stereocenters. The van der Waals surface area contributed by atoms with Crippen molar-refractivity contribution in [1.29, 1.82) is 0 Å². The second kappa shape index (κ2) is 7.28. The van der Waals surface area contributed by atoms with Crippen LogP contribution in [-0.4, -0.2) is 45.6 Å². The molecule has 3 rings (SSSR count). The largest absolute Gasteiger partial charge is 0.308 e. The van der Waals surface area contributed by atoms with Crippen molar-refractivity contribution in [3.05, 3.63) is 47.9 Å². The van der Waals surface area contributed by atoms with Crippen molar-refractivity contribution in [3.63, 3.8) is 0 Å². The average molecular weight is 311 g/mol. The fraction of sp³-hybridized carbons (Fsp3) is 0.412. The van der Waals surface area contributed by atoms with Crippen LogP contribution in [0.1, 0.15) is 30.0 Å². The van der Waals surface area contributed by atoms with Gasteiger partial charge in [-0.25, -0.2) is 0 Å². The molecule has 1 N–H and O–H groups in total. The van der Waals surface area contributed by atoms with Gasteiger partial charge in [0.2, 0.25) is 5.91 Å². The maximum Gasteiger partial charge on any atom is 0.239 e. The third-order valence-corrected chi connectivity index (χ3v) is 4.20. The van der Waals surface area contributed by atoms with Crippen molar-refractivity contribution < 1.29 is 4.79 Å². The Hall–Kier alpha value is -2.34. The summed E-state index contributed by atoms with van der Waals surface area (Å²) in [7, 11) is 0. The van der Waals surface area contributed by atoms with Gasteiger partial charge in [0.15, 0.2) is 5.82 Å². The molecule has 0 spiro atoms. The Labute approximate surface area is 136 Å². The van der Waals surface area contributed by atoms with Gasteiger partial charge in [0, 0.05) is 18.1 Å². The van der Waals surface area contributed by atoms with Gasteiger partial charge in [-0.05, 0) is 62.5 Å². The van der Waals surface area contributed by atoms with Crippen LogP contribution in [0.15, 0.2) is 36.7 Å². The van der Waals surface area contributed by atoms with Gasteiger partial charge in [0.25, 0.3) is 0 Å². The molecule has 0 radical (unpaired) electrons. The number of rotatable bonds is 4. The topological polar surface area (TPSA) is 71.0 Å². The summed E-state index contributed by atoms with van der Waals surface area (Å²) >= 11 is 0. The Balaban J connectivity index is 1.47. The summed E-state index contributed by atoms with van der Waals surface area (Å²) in [6.45, 7) is 4.25. The van der Waals surface area contributed by atoms with Gasteiger partial charge in [-0.3, -0.25) is 14.7 Å². The number of likely N-dealkylation sites (tertiary alicyclic amines) is 1. The second-order valence-corrected chi connectivity index (χ2v) is 5.94. The summed E-state index contributed by atoms with van der Waals surface area (Å²) in [5.74, 6) is 1.00. The molecule has 1 amide bonds. The lowest BCUT2D eigenvalue weighted by Gasteiger charge is -2.31. The van der Waals surface area contributed by atoms with Crippen LogP contribution in [-0.2, 0) is 4.79 Å². The van der Waals surface area contributed by atoms with E-state index in [-0.39, 0.29) is 5.91 Å². The van der Waals surface area contributed by atoms with Crippen LogP contribution >= 0.6 is 0 Å². The molecule has 6 heteroatoms. The maximum absolute atomic E-state index is 12.0. The van der Waals surface area contributed by atoms with Crippen LogP contribution in [0.2, 0.25) is 0 Å². The van der Waals surface area contributed by atoms with E-state index in [1.807, 2.05) is 13.1 Å². The number of anilines is 1. The normalized spacial score (nSPS) is 16.2. The van der Waals surface area contributed by atoms with E-state index >= 15 is 0 Å². The lowest BCUT2D eigenvalue weighted by atomic mass is 9.90. The van der Waals surface area contributed by atoms with Gasteiger partial charge < -0.3 is 5.32 Å². The molecular formula is C17H21N5O. The smallest absolute Gasteiger partial charge is 0.239 e. The van der Waals surface area contributed by atoms with Crippen molar-refractivity contribution in [2.75, 3.05) is 25.0 Å². The lowest BCUT2D eigenvalue weighted by molar-refractivity contribution is -0.117. The first-order chi connectivity index (χ1) is 11.2. The third kappa shape index (κ3) is 4.32. The van der Waals surface area contributed by atoms with E-state index in [1.54, 1.807) is 18.3 Å². The number of aromatic nitrogens is 3. The molecule has 0 unspecified atom stereocenters. The number of pyridine rings is 1. The van der Waals surface area contributed by atoms with E-state index in [0.717, 1.165) is 31.6 Å². The molecule has 2 aromatic heterocycles. The van der Waals surface area contributed by atoms with E-state index < -0.39 is 0 Å². The first-order valence-electron chi connectivity index (χ1n) is 7.93. The molecule has 0 saturated carbocycles. The molecule has 1 fully saturated rings. The minimum atomic E-state index is -0.0408. The minimum Gasteiger partial charge on any atom is -0.308 e.